The van der Waals surface area contributed by atoms with Crippen LogP contribution in [0, 0.1) is 0 Å². The Kier molecular flexibility index (Phi) is 5.54. The highest BCUT2D eigenvalue weighted by atomic mass is 32.1. The molecule has 0 amide bonds. The minimum Gasteiger partial charge on any atom is -0.507 e. The number of hydrogen-bond donors (Lipinski definition) is 2. The molecule has 0 heterocycles. The van der Waals surface area contributed by atoms with Crippen molar-refractivity contribution in [1.82, 2.24) is 0 Å². The molecule has 0 fully saturated rings. The van der Waals surface area contributed by atoms with Crippen molar-refractivity contribution < 1.29 is 9.90 Å². The van der Waals surface area contributed by atoms with E-state index in [0.29, 0.717) is 12.2 Å². The summed E-state index contributed by atoms with van der Waals surface area (Å²) in [4.78, 5) is 11.0. The molecule has 1 rings (SSSR count). The van der Waals surface area contributed by atoms with Gasteiger partial charge in [0, 0.05) is 6.42 Å². The number of hydrogen-bond acceptors (Lipinski definition) is 2. The van der Waals surface area contributed by atoms with Crippen LogP contribution in [-0.4, -0.2) is 10.2 Å². The highest BCUT2D eigenvalue weighted by Crippen LogP contribution is 2.39. The first-order valence-electron chi connectivity index (χ1n) is 7.51. The second-order valence-corrected chi connectivity index (χ2v) is 8.29. The molecule has 0 aliphatic carbocycles. The van der Waals surface area contributed by atoms with Gasteiger partial charge in [-0.05, 0) is 40.4 Å². The molecule has 0 saturated heterocycles. The van der Waals surface area contributed by atoms with Crippen molar-refractivity contribution in [3.8, 4) is 5.75 Å². The van der Waals surface area contributed by atoms with E-state index >= 15 is 0 Å². The maximum absolute atomic E-state index is 11.0. The van der Waals surface area contributed by atoms with Gasteiger partial charge in [0.2, 0.25) is 0 Å². The number of rotatable bonds is 4. The molecule has 0 saturated carbocycles. The fourth-order valence-corrected chi connectivity index (χ4v) is 2.58. The van der Waals surface area contributed by atoms with Gasteiger partial charge in [-0.15, -0.1) is 12.6 Å². The van der Waals surface area contributed by atoms with Crippen molar-refractivity contribution in [2.45, 2.75) is 71.6 Å². The maximum atomic E-state index is 11.0. The van der Waals surface area contributed by atoms with E-state index in [4.69, 9.17) is 0 Å². The monoisotopic (exact) mass is 308 g/mol. The van der Waals surface area contributed by atoms with Crippen LogP contribution in [0.4, 0.5) is 0 Å². The molecule has 0 spiro atoms. The standard InChI is InChI=1S/C18H28O2S/c1-17(2,3)13-10-12(8-7-9-15(19)21)11-14(16(13)20)18(4,5)6/h10-11,20H,7-9H2,1-6H3,(H,19,21). The van der Waals surface area contributed by atoms with Gasteiger partial charge in [0.05, 0.1) is 0 Å². The van der Waals surface area contributed by atoms with E-state index in [9.17, 15) is 9.90 Å². The Morgan fingerprint density at radius 1 is 1.05 bits per heavy atom. The minimum absolute atomic E-state index is 0.0686. The average molecular weight is 308 g/mol. The predicted molar refractivity (Wildman–Crippen MR) is 92.4 cm³/mol. The number of phenols is 1. The molecular weight excluding hydrogens is 280 g/mol. The van der Waals surface area contributed by atoms with Crippen LogP contribution >= 0.6 is 12.6 Å². The Morgan fingerprint density at radius 3 is 1.81 bits per heavy atom. The van der Waals surface area contributed by atoms with Gasteiger partial charge in [-0.1, -0.05) is 53.7 Å². The molecule has 1 N–H and O–H groups in total. The van der Waals surface area contributed by atoms with Gasteiger partial charge in [0.1, 0.15) is 5.75 Å². The average Bonchev–Trinajstić information content (AvgIpc) is 2.27. The first kappa shape index (κ1) is 18.1. The summed E-state index contributed by atoms with van der Waals surface area (Å²) in [6.45, 7) is 12.6. The summed E-state index contributed by atoms with van der Waals surface area (Å²) in [7, 11) is 0. The van der Waals surface area contributed by atoms with Gasteiger partial charge in [-0.2, -0.15) is 0 Å². The summed E-state index contributed by atoms with van der Waals surface area (Å²) in [5.41, 5.74) is 2.90. The normalized spacial score (nSPS) is 12.5. The third-order valence-electron chi connectivity index (χ3n) is 3.64. The van der Waals surface area contributed by atoms with E-state index in [1.54, 1.807) is 0 Å². The second kappa shape index (κ2) is 6.43. The van der Waals surface area contributed by atoms with Crippen LogP contribution in [0.2, 0.25) is 0 Å². The number of carbonyl (C=O) groups excluding carboxylic acids is 1. The number of aromatic hydroxyl groups is 1. The van der Waals surface area contributed by atoms with Crippen LogP contribution in [-0.2, 0) is 22.0 Å². The molecule has 1 aromatic carbocycles. The van der Waals surface area contributed by atoms with E-state index in [2.05, 4.69) is 66.3 Å². The van der Waals surface area contributed by atoms with Crippen LogP contribution in [0.15, 0.2) is 12.1 Å². The fraction of sp³-hybridized carbons (Fsp3) is 0.611. The highest BCUT2D eigenvalue weighted by Gasteiger charge is 2.26. The van der Waals surface area contributed by atoms with Crippen molar-refractivity contribution in [1.29, 1.82) is 0 Å². The minimum atomic E-state index is -0.112. The summed E-state index contributed by atoms with van der Waals surface area (Å²) in [5, 5.41) is 10.6. The van der Waals surface area contributed by atoms with E-state index in [1.165, 1.54) is 5.56 Å². The van der Waals surface area contributed by atoms with E-state index in [0.717, 1.165) is 24.0 Å². The maximum Gasteiger partial charge on any atom is 0.185 e. The largest absolute Gasteiger partial charge is 0.507 e. The summed E-state index contributed by atoms with van der Waals surface area (Å²) < 4.78 is 0. The van der Waals surface area contributed by atoms with Crippen molar-refractivity contribution in [3.05, 3.63) is 28.8 Å². The Balaban J connectivity index is 3.24. The first-order chi connectivity index (χ1) is 9.43. The van der Waals surface area contributed by atoms with Gasteiger partial charge in [-0.3, -0.25) is 4.79 Å². The van der Waals surface area contributed by atoms with Crippen LogP contribution < -0.4 is 0 Å². The lowest BCUT2D eigenvalue weighted by Gasteiger charge is -2.28. The van der Waals surface area contributed by atoms with Crippen LogP contribution in [0.1, 0.15) is 71.1 Å². The van der Waals surface area contributed by atoms with Crippen molar-refractivity contribution in [2.24, 2.45) is 0 Å². The lowest BCUT2D eigenvalue weighted by atomic mass is 9.78. The van der Waals surface area contributed by atoms with Crippen LogP contribution in [0.25, 0.3) is 0 Å². The number of phenolic OH excluding ortho intramolecular Hbond substituents is 1. The molecular formula is C18H28O2S. The molecule has 21 heavy (non-hydrogen) atoms. The molecule has 3 heteroatoms. The SMILES string of the molecule is CC(C)(C)c1cc(CCCC(=O)S)cc(C(C)(C)C)c1O. The molecule has 0 radical (unpaired) electrons. The van der Waals surface area contributed by atoms with E-state index < -0.39 is 0 Å². The summed E-state index contributed by atoms with van der Waals surface area (Å²) in [5.74, 6) is 0.407. The Bertz CT molecular complexity index is 484. The molecule has 0 aromatic heterocycles. The quantitative estimate of drug-likeness (QED) is 0.786. The number of thiol groups is 1. The van der Waals surface area contributed by atoms with E-state index in [1.807, 2.05) is 0 Å². The first-order valence-corrected chi connectivity index (χ1v) is 7.96. The Hall–Kier alpha value is -0.960. The molecule has 0 bridgehead atoms. The number of carbonyl (C=O) groups is 1. The van der Waals surface area contributed by atoms with Gasteiger partial charge in [0.25, 0.3) is 0 Å². The van der Waals surface area contributed by atoms with Gasteiger partial charge in [0.15, 0.2) is 5.12 Å². The van der Waals surface area contributed by atoms with Crippen molar-refractivity contribution >= 4 is 17.7 Å². The van der Waals surface area contributed by atoms with Gasteiger partial charge < -0.3 is 5.11 Å². The van der Waals surface area contributed by atoms with Gasteiger partial charge in [-0.25, -0.2) is 0 Å². The molecule has 1 aromatic rings. The summed E-state index contributed by atoms with van der Waals surface area (Å²) in [6, 6.07) is 4.15. The van der Waals surface area contributed by atoms with Crippen LogP contribution in [0.3, 0.4) is 0 Å². The lowest BCUT2D eigenvalue weighted by molar-refractivity contribution is -0.110. The molecule has 2 nitrogen and oxygen atoms in total. The summed E-state index contributed by atoms with van der Waals surface area (Å²) >= 11 is 3.81. The van der Waals surface area contributed by atoms with Crippen molar-refractivity contribution in [2.75, 3.05) is 0 Å². The molecule has 0 atom stereocenters. The predicted octanol–water partition coefficient (Wildman–Crippen LogP) is 4.77. The zero-order chi connectivity index (χ0) is 16.4. The topological polar surface area (TPSA) is 37.3 Å². The molecule has 0 unspecified atom stereocenters. The van der Waals surface area contributed by atoms with E-state index in [-0.39, 0.29) is 15.9 Å². The smallest absolute Gasteiger partial charge is 0.185 e. The molecule has 118 valence electrons. The molecule has 0 aliphatic heterocycles. The highest BCUT2D eigenvalue weighted by molar-refractivity contribution is 7.96. The number of aryl methyl sites for hydroxylation is 1. The third-order valence-corrected chi connectivity index (χ3v) is 3.87. The number of benzene rings is 1. The zero-order valence-corrected chi connectivity index (χ0v) is 15.0. The molecule has 0 aliphatic rings. The fourth-order valence-electron chi connectivity index (χ4n) is 2.43. The zero-order valence-electron chi connectivity index (χ0n) is 14.1. The Morgan fingerprint density at radius 2 is 1.48 bits per heavy atom. The second-order valence-electron chi connectivity index (χ2n) is 7.79. The Labute approximate surface area is 134 Å². The van der Waals surface area contributed by atoms with Crippen molar-refractivity contribution in [3.63, 3.8) is 0 Å². The lowest BCUT2D eigenvalue weighted by Crippen LogP contribution is -2.18. The van der Waals surface area contributed by atoms with Gasteiger partial charge >= 0.3 is 0 Å². The third kappa shape index (κ3) is 5.06. The van der Waals surface area contributed by atoms with Crippen LogP contribution in [0.5, 0.6) is 5.75 Å². The summed E-state index contributed by atoms with van der Waals surface area (Å²) in [6.07, 6.45) is 2.11.